The Kier molecular flexibility index (Phi) is 3.99. The van der Waals surface area contributed by atoms with Gasteiger partial charge >= 0.3 is 0 Å². The maximum Gasteiger partial charge on any atom is 0.123 e. The maximum absolute atomic E-state index is 5.62. The van der Waals surface area contributed by atoms with Gasteiger partial charge in [0.15, 0.2) is 0 Å². The van der Waals surface area contributed by atoms with Crippen LogP contribution in [0, 0.1) is 0 Å². The number of likely N-dealkylation sites (tertiary alicyclic amines) is 2. The molecule has 2 saturated heterocycles. The lowest BCUT2D eigenvalue weighted by Gasteiger charge is -2.36. The van der Waals surface area contributed by atoms with Crippen molar-refractivity contribution >= 4 is 5.82 Å². The Morgan fingerprint density at radius 1 is 1.11 bits per heavy atom. The largest absolute Gasteiger partial charge is 0.384 e. The predicted octanol–water partition coefficient (Wildman–Crippen LogP) is 1.72. The van der Waals surface area contributed by atoms with Crippen molar-refractivity contribution in [2.45, 2.75) is 38.3 Å². The summed E-state index contributed by atoms with van der Waals surface area (Å²) in [5.74, 6) is 0.608. The molecule has 0 aromatic carbocycles. The molecule has 0 aliphatic carbocycles. The highest BCUT2D eigenvalue weighted by molar-refractivity contribution is 5.29. The highest BCUT2D eigenvalue weighted by Crippen LogP contribution is 2.22. The summed E-state index contributed by atoms with van der Waals surface area (Å²) in [5.41, 5.74) is 6.89. The van der Waals surface area contributed by atoms with Gasteiger partial charge in [-0.3, -0.25) is 4.90 Å². The van der Waals surface area contributed by atoms with Gasteiger partial charge in [0.25, 0.3) is 0 Å². The quantitative estimate of drug-likeness (QED) is 0.899. The number of piperidine rings is 1. The highest BCUT2D eigenvalue weighted by Gasteiger charge is 2.26. The number of pyridine rings is 1. The van der Waals surface area contributed by atoms with Gasteiger partial charge in [0.1, 0.15) is 5.82 Å². The number of rotatable bonds is 3. The van der Waals surface area contributed by atoms with Crippen molar-refractivity contribution in [3.63, 3.8) is 0 Å². The van der Waals surface area contributed by atoms with E-state index in [1.54, 1.807) is 0 Å². The number of aromatic nitrogens is 1. The third kappa shape index (κ3) is 3.25. The molecule has 19 heavy (non-hydrogen) atoms. The fourth-order valence-electron chi connectivity index (χ4n) is 3.34. The number of hydrogen-bond acceptors (Lipinski definition) is 4. The van der Waals surface area contributed by atoms with Crippen LogP contribution in [-0.4, -0.2) is 47.0 Å². The Morgan fingerprint density at radius 2 is 1.84 bits per heavy atom. The zero-order valence-corrected chi connectivity index (χ0v) is 11.6. The van der Waals surface area contributed by atoms with Gasteiger partial charge in [-0.25, -0.2) is 4.98 Å². The smallest absolute Gasteiger partial charge is 0.123 e. The Morgan fingerprint density at radius 3 is 2.47 bits per heavy atom. The van der Waals surface area contributed by atoms with Crippen LogP contribution >= 0.6 is 0 Å². The van der Waals surface area contributed by atoms with Gasteiger partial charge in [0, 0.05) is 18.8 Å². The summed E-state index contributed by atoms with van der Waals surface area (Å²) in [6, 6.07) is 4.82. The van der Waals surface area contributed by atoms with Crippen molar-refractivity contribution in [1.82, 2.24) is 14.8 Å². The summed E-state index contributed by atoms with van der Waals surface area (Å²) >= 11 is 0. The molecule has 0 amide bonds. The van der Waals surface area contributed by atoms with Gasteiger partial charge in [0.2, 0.25) is 0 Å². The van der Waals surface area contributed by atoms with Gasteiger partial charge in [-0.15, -0.1) is 0 Å². The van der Waals surface area contributed by atoms with E-state index in [1.807, 2.05) is 12.3 Å². The van der Waals surface area contributed by atoms with E-state index in [-0.39, 0.29) is 0 Å². The molecule has 3 heterocycles. The van der Waals surface area contributed by atoms with Crippen molar-refractivity contribution in [2.75, 3.05) is 31.9 Å². The van der Waals surface area contributed by atoms with E-state index in [0.717, 1.165) is 12.6 Å². The minimum atomic E-state index is 0.608. The molecule has 0 atom stereocenters. The van der Waals surface area contributed by atoms with Crippen molar-refractivity contribution in [3.05, 3.63) is 23.9 Å². The second-order valence-corrected chi connectivity index (χ2v) is 5.84. The average molecular weight is 260 g/mol. The molecule has 2 fully saturated rings. The van der Waals surface area contributed by atoms with Crippen LogP contribution in [0.2, 0.25) is 0 Å². The summed E-state index contributed by atoms with van der Waals surface area (Å²) < 4.78 is 0. The fourth-order valence-corrected chi connectivity index (χ4v) is 3.34. The average Bonchev–Trinajstić information content (AvgIpc) is 2.96. The lowest BCUT2D eigenvalue weighted by molar-refractivity contribution is 0.122. The van der Waals surface area contributed by atoms with Crippen LogP contribution in [-0.2, 0) is 6.54 Å². The first-order chi connectivity index (χ1) is 9.31. The molecule has 1 aromatic rings. The molecule has 2 aliphatic rings. The third-order valence-corrected chi connectivity index (χ3v) is 4.47. The summed E-state index contributed by atoms with van der Waals surface area (Å²) in [4.78, 5) is 9.40. The normalized spacial score (nSPS) is 22.9. The van der Waals surface area contributed by atoms with Gasteiger partial charge in [-0.1, -0.05) is 6.07 Å². The second-order valence-electron chi connectivity index (χ2n) is 5.84. The maximum atomic E-state index is 5.62. The first kappa shape index (κ1) is 12.9. The SMILES string of the molecule is Nc1ccc(CN2CCC(N3CCCC3)CC2)cn1. The molecule has 0 unspecified atom stereocenters. The molecule has 2 N–H and O–H groups in total. The van der Waals surface area contributed by atoms with Crippen LogP contribution < -0.4 is 5.73 Å². The van der Waals surface area contributed by atoms with Crippen LogP contribution in [0.15, 0.2) is 18.3 Å². The van der Waals surface area contributed by atoms with Crippen LogP contribution in [0.3, 0.4) is 0 Å². The van der Waals surface area contributed by atoms with Gasteiger partial charge in [-0.2, -0.15) is 0 Å². The van der Waals surface area contributed by atoms with E-state index in [9.17, 15) is 0 Å². The molecule has 4 nitrogen and oxygen atoms in total. The zero-order valence-electron chi connectivity index (χ0n) is 11.6. The van der Waals surface area contributed by atoms with Crippen molar-refractivity contribution < 1.29 is 0 Å². The Labute approximate surface area is 115 Å². The van der Waals surface area contributed by atoms with Crippen LogP contribution in [0.1, 0.15) is 31.2 Å². The molecule has 4 heteroatoms. The van der Waals surface area contributed by atoms with Crippen LogP contribution in [0.4, 0.5) is 5.82 Å². The molecule has 0 radical (unpaired) electrons. The fraction of sp³-hybridized carbons (Fsp3) is 0.667. The van der Waals surface area contributed by atoms with Gasteiger partial charge < -0.3 is 10.6 Å². The highest BCUT2D eigenvalue weighted by atomic mass is 15.2. The van der Waals surface area contributed by atoms with Crippen molar-refractivity contribution in [1.29, 1.82) is 0 Å². The molecule has 3 rings (SSSR count). The molecule has 0 bridgehead atoms. The molecular formula is C15H24N4. The van der Waals surface area contributed by atoms with E-state index in [2.05, 4.69) is 20.9 Å². The Balaban J connectivity index is 1.48. The topological polar surface area (TPSA) is 45.4 Å². The number of nitrogens with zero attached hydrogens (tertiary/aromatic N) is 3. The predicted molar refractivity (Wildman–Crippen MR) is 77.8 cm³/mol. The summed E-state index contributed by atoms with van der Waals surface area (Å²) in [6.07, 6.45) is 7.35. The van der Waals surface area contributed by atoms with Gasteiger partial charge in [-0.05, 0) is 63.5 Å². The van der Waals surface area contributed by atoms with E-state index in [1.165, 1.54) is 57.4 Å². The molecule has 104 valence electrons. The molecule has 2 aliphatic heterocycles. The lowest BCUT2D eigenvalue weighted by atomic mass is 10.0. The lowest BCUT2D eigenvalue weighted by Crippen LogP contribution is -2.43. The third-order valence-electron chi connectivity index (χ3n) is 4.47. The van der Waals surface area contributed by atoms with E-state index in [0.29, 0.717) is 5.82 Å². The second kappa shape index (κ2) is 5.88. The van der Waals surface area contributed by atoms with Crippen LogP contribution in [0.25, 0.3) is 0 Å². The van der Waals surface area contributed by atoms with E-state index < -0.39 is 0 Å². The first-order valence-electron chi connectivity index (χ1n) is 7.48. The number of nitrogens with two attached hydrogens (primary N) is 1. The molecular weight excluding hydrogens is 236 g/mol. The molecule has 0 saturated carbocycles. The number of hydrogen-bond donors (Lipinski definition) is 1. The minimum absolute atomic E-state index is 0.608. The monoisotopic (exact) mass is 260 g/mol. The Bertz CT molecular complexity index is 389. The van der Waals surface area contributed by atoms with Crippen molar-refractivity contribution in [3.8, 4) is 0 Å². The van der Waals surface area contributed by atoms with Crippen molar-refractivity contribution in [2.24, 2.45) is 0 Å². The standard InChI is InChI=1S/C15H24N4/c16-15-4-3-13(11-17-15)12-18-9-5-14(6-10-18)19-7-1-2-8-19/h3-4,11,14H,1-2,5-10,12H2,(H2,16,17). The molecule has 1 aromatic heterocycles. The summed E-state index contributed by atoms with van der Waals surface area (Å²) in [7, 11) is 0. The minimum Gasteiger partial charge on any atom is -0.384 e. The number of nitrogen functional groups attached to an aromatic ring is 1. The summed E-state index contributed by atoms with van der Waals surface area (Å²) in [6.45, 7) is 6.09. The zero-order chi connectivity index (χ0) is 13.1. The van der Waals surface area contributed by atoms with Gasteiger partial charge in [0.05, 0.1) is 0 Å². The Hall–Kier alpha value is -1.13. The van der Waals surface area contributed by atoms with Crippen LogP contribution in [0.5, 0.6) is 0 Å². The van der Waals surface area contributed by atoms with E-state index in [4.69, 9.17) is 5.73 Å². The molecule has 0 spiro atoms. The number of anilines is 1. The summed E-state index contributed by atoms with van der Waals surface area (Å²) in [5, 5.41) is 0. The first-order valence-corrected chi connectivity index (χ1v) is 7.48. The van der Waals surface area contributed by atoms with E-state index >= 15 is 0 Å².